The van der Waals surface area contributed by atoms with Gasteiger partial charge in [-0.1, -0.05) is 12.8 Å². The minimum absolute atomic E-state index is 0.348. The van der Waals surface area contributed by atoms with Crippen LogP contribution < -0.4 is 5.32 Å². The van der Waals surface area contributed by atoms with E-state index in [-0.39, 0.29) is 0 Å². The van der Waals surface area contributed by atoms with Crippen molar-refractivity contribution in [1.82, 2.24) is 15.3 Å². The first-order chi connectivity index (χ1) is 7.86. The first-order valence-electron chi connectivity index (χ1n) is 6.65. The van der Waals surface area contributed by atoms with Gasteiger partial charge in [-0.15, -0.1) is 0 Å². The van der Waals surface area contributed by atoms with Gasteiger partial charge in [0, 0.05) is 25.6 Å². The molecule has 4 heteroatoms. The summed E-state index contributed by atoms with van der Waals surface area (Å²) in [6.07, 6.45) is 7.09. The van der Waals surface area contributed by atoms with Gasteiger partial charge in [-0.3, -0.25) is 9.80 Å². The summed E-state index contributed by atoms with van der Waals surface area (Å²) in [4.78, 5) is 12.0. The minimum Gasteiger partial charge on any atom is -0.315 e. The van der Waals surface area contributed by atoms with Crippen LogP contribution in [0, 0.1) is 0 Å². The molecule has 4 nitrogen and oxygen atoms in total. The van der Waals surface area contributed by atoms with Gasteiger partial charge in [-0.25, -0.2) is 5.01 Å². The Morgan fingerprint density at radius 3 is 2.62 bits per heavy atom. The van der Waals surface area contributed by atoms with Crippen LogP contribution >= 0.6 is 0 Å². The molecule has 0 bridgehead atoms. The van der Waals surface area contributed by atoms with E-state index in [0.717, 1.165) is 32.5 Å². The number of hydrogen-bond donors (Lipinski definition) is 1. The highest BCUT2D eigenvalue weighted by molar-refractivity contribution is 5.78. The molecule has 1 atom stereocenters. The Morgan fingerprint density at radius 2 is 1.94 bits per heavy atom. The SMILES string of the molecule is O=C1CCN(C2CCCC2)N1C1CCNC1. The Balaban J connectivity index is 1.73. The molecule has 0 aromatic heterocycles. The number of hydrazine groups is 1. The summed E-state index contributed by atoms with van der Waals surface area (Å²) in [6, 6.07) is 1.07. The van der Waals surface area contributed by atoms with Crippen LogP contribution in [0.5, 0.6) is 0 Å². The van der Waals surface area contributed by atoms with Crippen molar-refractivity contribution in [2.24, 2.45) is 0 Å². The first-order valence-corrected chi connectivity index (χ1v) is 6.65. The van der Waals surface area contributed by atoms with Crippen LogP contribution in [0.3, 0.4) is 0 Å². The number of carbonyl (C=O) groups excluding carboxylic acids is 1. The standard InChI is InChI=1S/C12H21N3O/c16-12-6-8-14(10-3-1-2-4-10)15(12)11-5-7-13-9-11/h10-11,13H,1-9H2. The van der Waals surface area contributed by atoms with Crippen LogP contribution in [0.2, 0.25) is 0 Å². The summed E-state index contributed by atoms with van der Waals surface area (Å²) in [5, 5.41) is 7.84. The zero-order valence-electron chi connectivity index (χ0n) is 9.82. The maximum absolute atomic E-state index is 12.0. The third kappa shape index (κ3) is 1.74. The fraction of sp³-hybridized carbons (Fsp3) is 0.917. The van der Waals surface area contributed by atoms with E-state index < -0.39 is 0 Å². The first kappa shape index (κ1) is 10.5. The topological polar surface area (TPSA) is 35.6 Å². The number of hydrogen-bond acceptors (Lipinski definition) is 3. The van der Waals surface area contributed by atoms with E-state index >= 15 is 0 Å². The van der Waals surface area contributed by atoms with E-state index in [0.29, 0.717) is 18.0 Å². The van der Waals surface area contributed by atoms with E-state index in [1.165, 1.54) is 25.7 Å². The lowest BCUT2D eigenvalue weighted by atomic mass is 10.2. The van der Waals surface area contributed by atoms with Gasteiger partial charge in [-0.05, 0) is 25.8 Å². The van der Waals surface area contributed by atoms with Crippen LogP contribution in [0.1, 0.15) is 38.5 Å². The summed E-state index contributed by atoms with van der Waals surface area (Å²) >= 11 is 0. The summed E-state index contributed by atoms with van der Waals surface area (Å²) in [5.74, 6) is 0.348. The van der Waals surface area contributed by atoms with Crippen molar-refractivity contribution >= 4 is 5.91 Å². The highest BCUT2D eigenvalue weighted by atomic mass is 16.2. The molecule has 16 heavy (non-hydrogen) atoms. The molecule has 2 saturated heterocycles. The fourth-order valence-corrected chi connectivity index (χ4v) is 3.40. The minimum atomic E-state index is 0.348. The van der Waals surface area contributed by atoms with Crippen molar-refractivity contribution in [2.45, 2.75) is 50.6 Å². The molecule has 2 aliphatic heterocycles. The largest absolute Gasteiger partial charge is 0.315 e. The molecule has 90 valence electrons. The Bertz CT molecular complexity index is 269. The highest BCUT2D eigenvalue weighted by Crippen LogP contribution is 2.30. The number of rotatable bonds is 2. The Morgan fingerprint density at radius 1 is 1.12 bits per heavy atom. The lowest BCUT2D eigenvalue weighted by Gasteiger charge is -2.36. The fourth-order valence-electron chi connectivity index (χ4n) is 3.40. The van der Waals surface area contributed by atoms with Gasteiger partial charge >= 0.3 is 0 Å². The number of carbonyl (C=O) groups is 1. The summed E-state index contributed by atoms with van der Waals surface area (Å²) < 4.78 is 0. The Labute approximate surface area is 96.9 Å². The average molecular weight is 223 g/mol. The van der Waals surface area contributed by atoms with E-state index in [1.54, 1.807) is 0 Å². The summed E-state index contributed by atoms with van der Waals surface area (Å²) in [6.45, 7) is 3.00. The molecule has 2 heterocycles. The van der Waals surface area contributed by atoms with Crippen molar-refractivity contribution in [3.05, 3.63) is 0 Å². The van der Waals surface area contributed by atoms with Gasteiger partial charge in [0.05, 0.1) is 6.04 Å². The van der Waals surface area contributed by atoms with Gasteiger partial charge in [0.1, 0.15) is 0 Å². The van der Waals surface area contributed by atoms with E-state index in [2.05, 4.69) is 15.3 Å². The predicted octanol–water partition coefficient (Wildman–Crippen LogP) is 0.740. The van der Waals surface area contributed by atoms with Crippen LogP contribution in [-0.2, 0) is 4.79 Å². The molecule has 0 aromatic rings. The maximum Gasteiger partial charge on any atom is 0.238 e. The second-order valence-electron chi connectivity index (χ2n) is 5.24. The van der Waals surface area contributed by atoms with Gasteiger partial charge in [0.15, 0.2) is 0 Å². The molecule has 3 fully saturated rings. The molecule has 1 unspecified atom stereocenters. The molecule has 0 radical (unpaired) electrons. The molecule has 1 amide bonds. The van der Waals surface area contributed by atoms with Crippen LogP contribution in [0.25, 0.3) is 0 Å². The number of nitrogens with one attached hydrogen (secondary N) is 1. The van der Waals surface area contributed by atoms with Crippen molar-refractivity contribution < 1.29 is 4.79 Å². The molecule has 3 rings (SSSR count). The van der Waals surface area contributed by atoms with Gasteiger partial charge in [0.2, 0.25) is 5.91 Å². The summed E-state index contributed by atoms with van der Waals surface area (Å²) in [5.41, 5.74) is 0. The normalized spacial score (nSPS) is 33.1. The summed E-state index contributed by atoms with van der Waals surface area (Å²) in [7, 11) is 0. The van der Waals surface area contributed by atoms with Gasteiger partial charge in [0.25, 0.3) is 0 Å². The molecule has 1 saturated carbocycles. The molecule has 0 aromatic carbocycles. The van der Waals surface area contributed by atoms with Crippen LogP contribution in [-0.4, -0.2) is 47.6 Å². The second kappa shape index (κ2) is 4.34. The van der Waals surface area contributed by atoms with Gasteiger partial charge in [-0.2, -0.15) is 0 Å². The third-order valence-electron chi connectivity index (χ3n) is 4.21. The third-order valence-corrected chi connectivity index (χ3v) is 4.21. The van der Waals surface area contributed by atoms with E-state index in [1.807, 2.05) is 0 Å². The zero-order valence-corrected chi connectivity index (χ0v) is 9.82. The quantitative estimate of drug-likeness (QED) is 0.750. The van der Waals surface area contributed by atoms with Crippen molar-refractivity contribution in [3.8, 4) is 0 Å². The van der Waals surface area contributed by atoms with Crippen molar-refractivity contribution in [1.29, 1.82) is 0 Å². The van der Waals surface area contributed by atoms with Crippen molar-refractivity contribution in [3.63, 3.8) is 0 Å². The van der Waals surface area contributed by atoms with E-state index in [9.17, 15) is 4.79 Å². The monoisotopic (exact) mass is 223 g/mol. The lowest BCUT2D eigenvalue weighted by Crippen LogP contribution is -2.50. The molecular formula is C12H21N3O. The average Bonchev–Trinajstić information content (AvgIpc) is 2.96. The molecule has 0 spiro atoms. The van der Waals surface area contributed by atoms with Crippen LogP contribution in [0.4, 0.5) is 0 Å². The second-order valence-corrected chi connectivity index (χ2v) is 5.24. The van der Waals surface area contributed by atoms with Gasteiger partial charge < -0.3 is 5.32 Å². The van der Waals surface area contributed by atoms with E-state index in [4.69, 9.17) is 0 Å². The Kier molecular flexibility index (Phi) is 2.86. The number of nitrogens with zero attached hydrogens (tertiary/aromatic N) is 2. The molecule has 1 aliphatic carbocycles. The predicted molar refractivity (Wildman–Crippen MR) is 61.7 cm³/mol. The highest BCUT2D eigenvalue weighted by Gasteiger charge is 2.39. The molecule has 1 N–H and O–H groups in total. The van der Waals surface area contributed by atoms with Crippen molar-refractivity contribution in [2.75, 3.05) is 19.6 Å². The Hall–Kier alpha value is -0.610. The molecule has 3 aliphatic rings. The maximum atomic E-state index is 12.0. The zero-order chi connectivity index (χ0) is 11.0. The van der Waals surface area contributed by atoms with Crippen LogP contribution in [0.15, 0.2) is 0 Å². The molecular weight excluding hydrogens is 202 g/mol. The number of amides is 1. The smallest absolute Gasteiger partial charge is 0.238 e. The lowest BCUT2D eigenvalue weighted by molar-refractivity contribution is -0.145.